The Kier molecular flexibility index (Phi) is 4.72. The van der Waals surface area contributed by atoms with Crippen LogP contribution < -0.4 is 5.32 Å². The van der Waals surface area contributed by atoms with Gasteiger partial charge in [0.1, 0.15) is 0 Å². The molecule has 1 saturated carbocycles. The first-order valence-corrected chi connectivity index (χ1v) is 6.98. The molecule has 18 heavy (non-hydrogen) atoms. The summed E-state index contributed by atoms with van der Waals surface area (Å²) in [5, 5.41) is 3.61. The fourth-order valence-corrected chi connectivity index (χ4v) is 3.11. The number of hydrogen-bond donors (Lipinski definition) is 1. The number of ether oxygens (including phenoxy) is 1. The average Bonchev–Trinajstić information content (AvgIpc) is 2.89. The van der Waals surface area contributed by atoms with E-state index in [2.05, 4.69) is 23.3 Å². The fraction of sp³-hybridized carbons (Fsp3) is 0.667. The van der Waals surface area contributed by atoms with Crippen LogP contribution in [0.25, 0.3) is 0 Å². The molecule has 1 heterocycles. The molecular formula is C15H24N2O. The molecule has 1 fully saturated rings. The van der Waals surface area contributed by atoms with E-state index in [0.717, 1.165) is 13.0 Å². The Balaban J connectivity index is 2.12. The Hall–Kier alpha value is -0.930. The van der Waals surface area contributed by atoms with Crippen LogP contribution in [0.5, 0.6) is 0 Å². The lowest BCUT2D eigenvalue weighted by molar-refractivity contribution is -0.0351. The van der Waals surface area contributed by atoms with E-state index in [1.807, 2.05) is 25.6 Å². The third-order valence-electron chi connectivity index (χ3n) is 4.10. The Bertz CT molecular complexity index is 347. The molecule has 0 saturated heterocycles. The molecule has 100 valence electrons. The Labute approximate surface area is 110 Å². The molecule has 0 amide bonds. The average molecular weight is 248 g/mol. The molecule has 1 aliphatic rings. The van der Waals surface area contributed by atoms with E-state index in [0.29, 0.717) is 6.04 Å². The summed E-state index contributed by atoms with van der Waals surface area (Å²) in [5.41, 5.74) is 1.30. The molecule has 0 radical (unpaired) electrons. The summed E-state index contributed by atoms with van der Waals surface area (Å²) < 4.78 is 5.90. The standard InChI is InChI=1S/C15H24N2O/c1-3-17-14(11-13-7-6-10-16-12-13)15(18-2)8-4-5-9-15/h6-7,10,12,14,17H,3-5,8-9,11H2,1-2H3. The first-order chi connectivity index (χ1) is 8.80. The number of likely N-dealkylation sites (N-methyl/N-ethyl adjacent to an activating group) is 1. The number of nitrogens with zero attached hydrogens (tertiary/aromatic N) is 1. The van der Waals surface area contributed by atoms with Gasteiger partial charge in [0.15, 0.2) is 0 Å². The van der Waals surface area contributed by atoms with Crippen LogP contribution in [0.4, 0.5) is 0 Å². The van der Waals surface area contributed by atoms with Gasteiger partial charge in [-0.15, -0.1) is 0 Å². The number of hydrogen-bond acceptors (Lipinski definition) is 3. The summed E-state index contributed by atoms with van der Waals surface area (Å²) in [6.45, 7) is 3.14. The van der Waals surface area contributed by atoms with Gasteiger partial charge in [-0.2, -0.15) is 0 Å². The molecule has 0 aromatic carbocycles. The SMILES string of the molecule is CCNC(Cc1cccnc1)C1(OC)CCCC1. The summed E-state index contributed by atoms with van der Waals surface area (Å²) in [7, 11) is 1.86. The fourth-order valence-electron chi connectivity index (χ4n) is 3.11. The molecule has 0 bridgehead atoms. The number of rotatable bonds is 6. The maximum Gasteiger partial charge on any atom is 0.0834 e. The molecule has 1 atom stereocenters. The lowest BCUT2D eigenvalue weighted by Crippen LogP contribution is -2.51. The molecule has 1 aliphatic carbocycles. The maximum atomic E-state index is 5.90. The van der Waals surface area contributed by atoms with Crippen molar-refractivity contribution in [2.45, 2.75) is 50.7 Å². The second-order valence-corrected chi connectivity index (χ2v) is 5.15. The van der Waals surface area contributed by atoms with Crippen molar-refractivity contribution in [1.82, 2.24) is 10.3 Å². The first kappa shape index (κ1) is 13.5. The highest BCUT2D eigenvalue weighted by atomic mass is 16.5. The molecule has 0 aliphatic heterocycles. The zero-order valence-electron chi connectivity index (χ0n) is 11.5. The zero-order valence-corrected chi connectivity index (χ0v) is 11.5. The Morgan fingerprint density at radius 1 is 1.44 bits per heavy atom. The van der Waals surface area contributed by atoms with Crippen LogP contribution in [0.15, 0.2) is 24.5 Å². The molecule has 3 nitrogen and oxygen atoms in total. The summed E-state index contributed by atoms with van der Waals surface area (Å²) in [6.07, 6.45) is 9.68. The van der Waals surface area contributed by atoms with Crippen LogP contribution in [0.3, 0.4) is 0 Å². The molecule has 1 aromatic rings. The van der Waals surface area contributed by atoms with E-state index in [4.69, 9.17) is 4.74 Å². The van der Waals surface area contributed by atoms with E-state index >= 15 is 0 Å². The van der Waals surface area contributed by atoms with Crippen LogP contribution in [-0.2, 0) is 11.2 Å². The Morgan fingerprint density at radius 3 is 2.78 bits per heavy atom. The van der Waals surface area contributed by atoms with Crippen LogP contribution in [-0.4, -0.2) is 30.3 Å². The van der Waals surface area contributed by atoms with Crippen molar-refractivity contribution < 1.29 is 4.74 Å². The molecule has 1 N–H and O–H groups in total. The number of pyridine rings is 1. The van der Waals surface area contributed by atoms with Crippen molar-refractivity contribution in [1.29, 1.82) is 0 Å². The van der Waals surface area contributed by atoms with Crippen molar-refractivity contribution in [2.24, 2.45) is 0 Å². The van der Waals surface area contributed by atoms with Crippen LogP contribution in [0.1, 0.15) is 38.2 Å². The summed E-state index contributed by atoms with van der Waals surface area (Å²) in [4.78, 5) is 4.20. The second kappa shape index (κ2) is 6.30. The highest BCUT2D eigenvalue weighted by Crippen LogP contribution is 2.36. The molecule has 0 spiro atoms. The maximum absolute atomic E-state index is 5.90. The van der Waals surface area contributed by atoms with Crippen molar-refractivity contribution in [3.8, 4) is 0 Å². The molecule has 1 aromatic heterocycles. The van der Waals surface area contributed by atoms with Crippen LogP contribution in [0.2, 0.25) is 0 Å². The summed E-state index contributed by atoms with van der Waals surface area (Å²) in [5.74, 6) is 0. The molecule has 2 rings (SSSR count). The van der Waals surface area contributed by atoms with Gasteiger partial charge >= 0.3 is 0 Å². The van der Waals surface area contributed by atoms with E-state index in [1.165, 1.54) is 31.2 Å². The van der Waals surface area contributed by atoms with Crippen molar-refractivity contribution >= 4 is 0 Å². The van der Waals surface area contributed by atoms with Gasteiger partial charge in [-0.1, -0.05) is 25.8 Å². The largest absolute Gasteiger partial charge is 0.377 e. The lowest BCUT2D eigenvalue weighted by atomic mass is 9.87. The van der Waals surface area contributed by atoms with Crippen molar-refractivity contribution in [3.63, 3.8) is 0 Å². The normalized spacial score (nSPS) is 19.9. The number of aromatic nitrogens is 1. The zero-order chi connectivity index (χ0) is 12.8. The molecule has 1 unspecified atom stereocenters. The highest BCUT2D eigenvalue weighted by molar-refractivity contribution is 5.13. The minimum Gasteiger partial charge on any atom is -0.377 e. The molecular weight excluding hydrogens is 224 g/mol. The van der Waals surface area contributed by atoms with E-state index < -0.39 is 0 Å². The van der Waals surface area contributed by atoms with Gasteiger partial charge in [0.2, 0.25) is 0 Å². The monoisotopic (exact) mass is 248 g/mol. The van der Waals surface area contributed by atoms with Crippen LogP contribution in [0, 0.1) is 0 Å². The third kappa shape index (κ3) is 2.90. The summed E-state index contributed by atoms with van der Waals surface area (Å²) >= 11 is 0. The first-order valence-electron chi connectivity index (χ1n) is 6.98. The van der Waals surface area contributed by atoms with Gasteiger partial charge in [0.05, 0.1) is 5.60 Å². The van der Waals surface area contributed by atoms with Gasteiger partial charge in [0, 0.05) is 25.5 Å². The Morgan fingerprint density at radius 2 is 2.22 bits per heavy atom. The van der Waals surface area contributed by atoms with Crippen LogP contribution >= 0.6 is 0 Å². The van der Waals surface area contributed by atoms with Crippen molar-refractivity contribution in [2.75, 3.05) is 13.7 Å². The predicted molar refractivity (Wildman–Crippen MR) is 73.6 cm³/mol. The quantitative estimate of drug-likeness (QED) is 0.840. The van der Waals surface area contributed by atoms with Gasteiger partial charge in [-0.25, -0.2) is 0 Å². The van der Waals surface area contributed by atoms with Gasteiger partial charge < -0.3 is 10.1 Å². The smallest absolute Gasteiger partial charge is 0.0834 e. The van der Waals surface area contributed by atoms with E-state index in [1.54, 1.807) is 0 Å². The summed E-state index contributed by atoms with van der Waals surface area (Å²) in [6, 6.07) is 4.54. The lowest BCUT2D eigenvalue weighted by Gasteiger charge is -2.37. The molecule has 3 heteroatoms. The second-order valence-electron chi connectivity index (χ2n) is 5.15. The minimum absolute atomic E-state index is 0.0197. The minimum atomic E-state index is 0.0197. The van der Waals surface area contributed by atoms with Gasteiger partial charge in [-0.3, -0.25) is 4.98 Å². The number of nitrogens with one attached hydrogen (secondary N) is 1. The van der Waals surface area contributed by atoms with Gasteiger partial charge in [-0.05, 0) is 37.4 Å². The van der Waals surface area contributed by atoms with Gasteiger partial charge in [0.25, 0.3) is 0 Å². The third-order valence-corrected chi connectivity index (χ3v) is 4.10. The van der Waals surface area contributed by atoms with E-state index in [9.17, 15) is 0 Å². The highest BCUT2D eigenvalue weighted by Gasteiger charge is 2.41. The topological polar surface area (TPSA) is 34.2 Å². The van der Waals surface area contributed by atoms with Crippen molar-refractivity contribution in [3.05, 3.63) is 30.1 Å². The number of methoxy groups -OCH3 is 1. The predicted octanol–water partition coefficient (Wildman–Crippen LogP) is 2.56. The van der Waals surface area contributed by atoms with E-state index in [-0.39, 0.29) is 5.60 Å².